The standard InChI is InChI=1S/C10H13ClN2S/c11-9-2-1-5-13-10(9)14-8-3-6-12-7-4-8/h1-2,5,8,12H,3-4,6-7H2. The van der Waals surface area contributed by atoms with Crippen molar-refractivity contribution in [2.75, 3.05) is 13.1 Å². The minimum absolute atomic E-state index is 0.670. The Hall–Kier alpha value is -0.250. The molecule has 0 atom stereocenters. The van der Waals surface area contributed by atoms with E-state index in [0.29, 0.717) is 5.25 Å². The molecular formula is C10H13ClN2S. The Morgan fingerprint density at radius 1 is 1.43 bits per heavy atom. The van der Waals surface area contributed by atoms with Crippen molar-refractivity contribution in [3.05, 3.63) is 23.4 Å². The Kier molecular flexibility index (Phi) is 3.67. The molecule has 2 heterocycles. The van der Waals surface area contributed by atoms with Gasteiger partial charge in [-0.1, -0.05) is 11.6 Å². The number of thioether (sulfide) groups is 1. The van der Waals surface area contributed by atoms with Crippen molar-refractivity contribution < 1.29 is 0 Å². The zero-order valence-corrected chi connectivity index (χ0v) is 9.44. The maximum Gasteiger partial charge on any atom is 0.115 e. The van der Waals surface area contributed by atoms with E-state index in [1.165, 1.54) is 12.8 Å². The fraction of sp³-hybridized carbons (Fsp3) is 0.500. The quantitative estimate of drug-likeness (QED) is 0.843. The van der Waals surface area contributed by atoms with Crippen LogP contribution in [0.4, 0.5) is 0 Å². The smallest absolute Gasteiger partial charge is 0.115 e. The molecule has 1 aliphatic rings. The lowest BCUT2D eigenvalue weighted by Gasteiger charge is -2.21. The first-order chi connectivity index (χ1) is 6.86. The maximum atomic E-state index is 6.04. The average molecular weight is 229 g/mol. The second-order valence-corrected chi connectivity index (χ2v) is 5.05. The molecule has 1 saturated heterocycles. The summed E-state index contributed by atoms with van der Waals surface area (Å²) in [6, 6.07) is 3.77. The van der Waals surface area contributed by atoms with Gasteiger partial charge in [0.05, 0.1) is 5.02 Å². The molecule has 4 heteroatoms. The van der Waals surface area contributed by atoms with E-state index >= 15 is 0 Å². The SMILES string of the molecule is Clc1cccnc1SC1CCNCC1. The number of aromatic nitrogens is 1. The van der Waals surface area contributed by atoms with Crippen LogP contribution in [0.25, 0.3) is 0 Å². The molecule has 2 nitrogen and oxygen atoms in total. The third-order valence-corrected chi connectivity index (χ3v) is 4.06. The molecule has 0 saturated carbocycles. The number of piperidine rings is 1. The van der Waals surface area contributed by atoms with Crippen LogP contribution in [0.15, 0.2) is 23.4 Å². The van der Waals surface area contributed by atoms with Gasteiger partial charge in [-0.3, -0.25) is 0 Å². The van der Waals surface area contributed by atoms with E-state index in [-0.39, 0.29) is 0 Å². The Bertz CT molecular complexity index is 300. The van der Waals surface area contributed by atoms with Crippen LogP contribution in [0.1, 0.15) is 12.8 Å². The van der Waals surface area contributed by atoms with E-state index in [9.17, 15) is 0 Å². The minimum atomic E-state index is 0.670. The second-order valence-electron chi connectivity index (χ2n) is 3.36. The average Bonchev–Trinajstić information content (AvgIpc) is 2.23. The van der Waals surface area contributed by atoms with E-state index < -0.39 is 0 Å². The van der Waals surface area contributed by atoms with Gasteiger partial charge < -0.3 is 5.32 Å². The number of halogens is 1. The summed E-state index contributed by atoms with van der Waals surface area (Å²) in [5.41, 5.74) is 0. The lowest BCUT2D eigenvalue weighted by atomic mass is 10.2. The summed E-state index contributed by atoms with van der Waals surface area (Å²) in [4.78, 5) is 4.28. The molecule has 1 N–H and O–H groups in total. The zero-order valence-electron chi connectivity index (χ0n) is 7.87. The third-order valence-electron chi connectivity index (χ3n) is 2.29. The maximum absolute atomic E-state index is 6.04. The summed E-state index contributed by atoms with van der Waals surface area (Å²) in [6.07, 6.45) is 4.21. The van der Waals surface area contributed by atoms with Crippen LogP contribution < -0.4 is 5.32 Å². The number of pyridine rings is 1. The lowest BCUT2D eigenvalue weighted by Crippen LogP contribution is -2.29. The van der Waals surface area contributed by atoms with Crippen molar-refractivity contribution in [3.63, 3.8) is 0 Å². The predicted molar refractivity (Wildman–Crippen MR) is 61.0 cm³/mol. The molecule has 0 aliphatic carbocycles. The predicted octanol–water partition coefficient (Wildman–Crippen LogP) is 2.58. The molecule has 0 aromatic carbocycles. The first-order valence-electron chi connectivity index (χ1n) is 4.84. The molecule has 76 valence electrons. The third kappa shape index (κ3) is 2.62. The largest absolute Gasteiger partial charge is 0.317 e. The molecule has 1 aliphatic heterocycles. The van der Waals surface area contributed by atoms with Crippen LogP contribution in [0.5, 0.6) is 0 Å². The summed E-state index contributed by atoms with van der Waals surface area (Å²) in [5.74, 6) is 0. The van der Waals surface area contributed by atoms with Crippen molar-refractivity contribution in [2.45, 2.75) is 23.1 Å². The molecule has 1 fully saturated rings. The summed E-state index contributed by atoms with van der Waals surface area (Å²) in [7, 11) is 0. The van der Waals surface area contributed by atoms with Gasteiger partial charge in [-0.25, -0.2) is 4.98 Å². The van der Waals surface area contributed by atoms with Crippen molar-refractivity contribution >= 4 is 23.4 Å². The molecule has 0 amide bonds. The molecular weight excluding hydrogens is 216 g/mol. The molecule has 0 bridgehead atoms. The Morgan fingerprint density at radius 3 is 2.93 bits per heavy atom. The monoisotopic (exact) mass is 228 g/mol. The van der Waals surface area contributed by atoms with Crippen molar-refractivity contribution in [1.29, 1.82) is 0 Å². The van der Waals surface area contributed by atoms with E-state index in [1.807, 2.05) is 23.9 Å². The van der Waals surface area contributed by atoms with E-state index in [0.717, 1.165) is 23.1 Å². The molecule has 1 aromatic rings. The Balaban J connectivity index is 1.99. The van der Waals surface area contributed by atoms with Gasteiger partial charge in [0.2, 0.25) is 0 Å². The normalized spacial score (nSPS) is 18.4. The number of hydrogen-bond donors (Lipinski definition) is 1. The van der Waals surface area contributed by atoms with Crippen LogP contribution in [0.3, 0.4) is 0 Å². The topological polar surface area (TPSA) is 24.9 Å². The van der Waals surface area contributed by atoms with E-state index in [4.69, 9.17) is 11.6 Å². The van der Waals surface area contributed by atoms with Gasteiger partial charge in [0.15, 0.2) is 0 Å². The fourth-order valence-electron chi connectivity index (χ4n) is 1.53. The zero-order chi connectivity index (χ0) is 9.80. The molecule has 1 aromatic heterocycles. The van der Waals surface area contributed by atoms with Crippen LogP contribution in [-0.2, 0) is 0 Å². The molecule has 0 radical (unpaired) electrons. The van der Waals surface area contributed by atoms with Gasteiger partial charge >= 0.3 is 0 Å². The molecule has 0 spiro atoms. The highest BCUT2D eigenvalue weighted by atomic mass is 35.5. The van der Waals surface area contributed by atoms with Gasteiger partial charge in [-0.05, 0) is 38.1 Å². The highest BCUT2D eigenvalue weighted by molar-refractivity contribution is 8.00. The summed E-state index contributed by atoms with van der Waals surface area (Å²) in [6.45, 7) is 2.23. The number of rotatable bonds is 2. The molecule has 14 heavy (non-hydrogen) atoms. The first-order valence-corrected chi connectivity index (χ1v) is 6.10. The van der Waals surface area contributed by atoms with Gasteiger partial charge in [0.1, 0.15) is 5.03 Å². The van der Waals surface area contributed by atoms with Crippen molar-refractivity contribution in [3.8, 4) is 0 Å². The van der Waals surface area contributed by atoms with Gasteiger partial charge in [0.25, 0.3) is 0 Å². The minimum Gasteiger partial charge on any atom is -0.317 e. The van der Waals surface area contributed by atoms with Crippen LogP contribution in [0.2, 0.25) is 5.02 Å². The molecule has 2 rings (SSSR count). The van der Waals surface area contributed by atoms with Crippen LogP contribution in [-0.4, -0.2) is 23.3 Å². The first kappa shape index (κ1) is 10.3. The summed E-state index contributed by atoms with van der Waals surface area (Å²) < 4.78 is 0. The molecule has 0 unspecified atom stereocenters. The van der Waals surface area contributed by atoms with Gasteiger partial charge in [0, 0.05) is 11.4 Å². The van der Waals surface area contributed by atoms with Gasteiger partial charge in [-0.2, -0.15) is 0 Å². The Labute approximate surface area is 93.4 Å². The highest BCUT2D eigenvalue weighted by Gasteiger charge is 2.15. The van der Waals surface area contributed by atoms with E-state index in [2.05, 4.69) is 10.3 Å². The number of nitrogens with one attached hydrogen (secondary N) is 1. The summed E-state index contributed by atoms with van der Waals surface area (Å²) >= 11 is 7.85. The highest BCUT2D eigenvalue weighted by Crippen LogP contribution is 2.31. The summed E-state index contributed by atoms with van der Waals surface area (Å²) in [5, 5.41) is 5.77. The van der Waals surface area contributed by atoms with E-state index in [1.54, 1.807) is 6.20 Å². The van der Waals surface area contributed by atoms with Crippen LogP contribution in [0, 0.1) is 0 Å². The second kappa shape index (κ2) is 5.01. The van der Waals surface area contributed by atoms with Crippen molar-refractivity contribution in [2.24, 2.45) is 0 Å². The Morgan fingerprint density at radius 2 is 2.21 bits per heavy atom. The number of nitrogens with zero attached hydrogens (tertiary/aromatic N) is 1. The fourth-order valence-corrected chi connectivity index (χ4v) is 2.87. The van der Waals surface area contributed by atoms with Crippen molar-refractivity contribution in [1.82, 2.24) is 10.3 Å². The van der Waals surface area contributed by atoms with Crippen LogP contribution >= 0.6 is 23.4 Å². The van der Waals surface area contributed by atoms with Gasteiger partial charge in [-0.15, -0.1) is 11.8 Å². The number of hydrogen-bond acceptors (Lipinski definition) is 3. The lowest BCUT2D eigenvalue weighted by molar-refractivity contribution is 0.531.